The average molecular weight is 479 g/mol. The summed E-state index contributed by atoms with van der Waals surface area (Å²) in [5.41, 5.74) is 0.530. The number of benzene rings is 3. The number of aromatic hydroxyl groups is 1. The minimum absolute atomic E-state index is 0.0180. The van der Waals surface area contributed by atoms with Crippen molar-refractivity contribution in [2.45, 2.75) is 12.8 Å². The van der Waals surface area contributed by atoms with Crippen molar-refractivity contribution in [1.82, 2.24) is 5.16 Å². The third-order valence-corrected chi connectivity index (χ3v) is 5.27. The van der Waals surface area contributed by atoms with Crippen LogP contribution in [0.25, 0.3) is 33.6 Å². The number of alkyl halides is 3. The molecule has 2 aromatic heterocycles. The van der Waals surface area contributed by atoms with Gasteiger partial charge in [-0.3, -0.25) is 4.79 Å². The predicted molar refractivity (Wildman–Crippen MR) is 121 cm³/mol. The summed E-state index contributed by atoms with van der Waals surface area (Å²) in [5, 5.41) is 13.7. The molecule has 35 heavy (non-hydrogen) atoms. The maximum Gasteiger partial charge on any atom is 0.416 e. The fraction of sp³-hybridized carbons (Fsp3) is 0.0769. The molecule has 3 aromatic carbocycles. The number of halogens is 3. The highest BCUT2D eigenvalue weighted by Gasteiger charge is 2.30. The molecule has 1 N–H and O–H groups in total. The van der Waals surface area contributed by atoms with Crippen LogP contribution in [0.1, 0.15) is 11.3 Å². The number of ether oxygens (including phenoxy) is 1. The SMILES string of the molecule is O=c1cc(-c2ccc(O)cc2)oc2cc(OCc3cc(-c4cccc(C(F)(F)F)c4)on3)ccc12. The molecule has 0 aliphatic rings. The Balaban J connectivity index is 1.36. The lowest BCUT2D eigenvalue weighted by molar-refractivity contribution is -0.137. The topological polar surface area (TPSA) is 85.7 Å². The summed E-state index contributed by atoms with van der Waals surface area (Å²) >= 11 is 0. The van der Waals surface area contributed by atoms with Gasteiger partial charge in [0.2, 0.25) is 0 Å². The van der Waals surface area contributed by atoms with E-state index in [1.54, 1.807) is 30.3 Å². The van der Waals surface area contributed by atoms with Crippen LogP contribution < -0.4 is 10.2 Å². The van der Waals surface area contributed by atoms with Crippen molar-refractivity contribution >= 4 is 11.0 Å². The first-order valence-electron chi connectivity index (χ1n) is 10.4. The van der Waals surface area contributed by atoms with Crippen molar-refractivity contribution in [2.24, 2.45) is 0 Å². The van der Waals surface area contributed by atoms with E-state index in [0.29, 0.717) is 33.7 Å². The Bertz CT molecular complexity index is 1570. The third-order valence-electron chi connectivity index (χ3n) is 5.27. The normalized spacial score (nSPS) is 11.6. The van der Waals surface area contributed by atoms with Gasteiger partial charge in [0.05, 0.1) is 10.9 Å². The molecule has 0 fully saturated rings. The van der Waals surface area contributed by atoms with Crippen LogP contribution in [0.5, 0.6) is 11.5 Å². The number of hydrogen-bond donors (Lipinski definition) is 1. The van der Waals surface area contributed by atoms with Crippen molar-refractivity contribution in [2.75, 3.05) is 0 Å². The largest absolute Gasteiger partial charge is 0.508 e. The van der Waals surface area contributed by atoms with Crippen molar-refractivity contribution in [3.63, 3.8) is 0 Å². The van der Waals surface area contributed by atoms with Gasteiger partial charge in [-0.1, -0.05) is 17.3 Å². The highest BCUT2D eigenvalue weighted by molar-refractivity contribution is 5.80. The van der Waals surface area contributed by atoms with E-state index in [-0.39, 0.29) is 29.1 Å². The van der Waals surface area contributed by atoms with Gasteiger partial charge in [-0.15, -0.1) is 0 Å². The van der Waals surface area contributed by atoms with E-state index < -0.39 is 11.7 Å². The maximum atomic E-state index is 13.0. The van der Waals surface area contributed by atoms with Crippen LogP contribution >= 0.6 is 0 Å². The van der Waals surface area contributed by atoms with Gasteiger partial charge in [0, 0.05) is 29.3 Å². The molecule has 2 heterocycles. The minimum atomic E-state index is -4.46. The number of nitrogens with zero attached hydrogens (tertiary/aromatic N) is 1. The second-order valence-corrected chi connectivity index (χ2v) is 7.73. The molecule has 5 aromatic rings. The molecular formula is C26H16F3NO5. The van der Waals surface area contributed by atoms with E-state index in [4.69, 9.17) is 13.7 Å². The third kappa shape index (κ3) is 4.74. The molecule has 5 rings (SSSR count). The first kappa shape index (κ1) is 22.3. The Kier molecular flexibility index (Phi) is 5.52. The van der Waals surface area contributed by atoms with Crippen LogP contribution in [-0.4, -0.2) is 10.3 Å². The van der Waals surface area contributed by atoms with Crippen molar-refractivity contribution in [3.05, 3.63) is 100 Å². The standard InChI is InChI=1S/C26H16F3NO5/c27-26(28,29)17-3-1-2-16(10-17)24-11-18(30-35-24)14-33-20-8-9-21-22(32)13-23(34-25(21)12-20)15-4-6-19(31)7-5-15/h1-13,31H,14H2. The van der Waals surface area contributed by atoms with Crippen LogP contribution in [0.3, 0.4) is 0 Å². The molecule has 9 heteroatoms. The van der Waals surface area contributed by atoms with E-state index in [0.717, 1.165) is 12.1 Å². The molecule has 0 saturated carbocycles. The van der Waals surface area contributed by atoms with Crippen molar-refractivity contribution in [3.8, 4) is 34.1 Å². The number of rotatable bonds is 5. The summed E-state index contributed by atoms with van der Waals surface area (Å²) in [7, 11) is 0. The summed E-state index contributed by atoms with van der Waals surface area (Å²) in [6, 6.07) is 18.6. The maximum absolute atomic E-state index is 13.0. The first-order valence-corrected chi connectivity index (χ1v) is 10.4. The molecule has 0 aliphatic heterocycles. The molecule has 0 saturated heterocycles. The Labute approximate surface area is 195 Å². The molecular weight excluding hydrogens is 463 g/mol. The van der Waals surface area contributed by atoms with Crippen LogP contribution in [0, 0.1) is 0 Å². The summed E-state index contributed by atoms with van der Waals surface area (Å²) in [6.45, 7) is -0.0180. The molecule has 0 amide bonds. The van der Waals surface area contributed by atoms with Crippen LogP contribution in [0.4, 0.5) is 13.2 Å². The monoisotopic (exact) mass is 479 g/mol. The Hall–Kier alpha value is -4.53. The molecule has 176 valence electrons. The number of fused-ring (bicyclic) bond motifs is 1. The lowest BCUT2D eigenvalue weighted by atomic mass is 10.1. The summed E-state index contributed by atoms with van der Waals surface area (Å²) in [4.78, 5) is 12.5. The van der Waals surface area contributed by atoms with Gasteiger partial charge in [0.25, 0.3) is 0 Å². The van der Waals surface area contributed by atoms with E-state index in [2.05, 4.69) is 5.16 Å². The Morgan fingerprint density at radius 2 is 1.69 bits per heavy atom. The number of hydrogen-bond acceptors (Lipinski definition) is 6. The predicted octanol–water partition coefficient (Wildman–Crippen LogP) is 6.42. The van der Waals surface area contributed by atoms with Gasteiger partial charge in [-0.2, -0.15) is 13.2 Å². The number of phenols is 1. The average Bonchev–Trinajstić information content (AvgIpc) is 3.32. The second-order valence-electron chi connectivity index (χ2n) is 7.73. The van der Waals surface area contributed by atoms with E-state index in [9.17, 15) is 23.1 Å². The molecule has 0 aliphatic carbocycles. The van der Waals surface area contributed by atoms with Crippen LogP contribution in [0.15, 0.2) is 92.6 Å². The smallest absolute Gasteiger partial charge is 0.416 e. The lowest BCUT2D eigenvalue weighted by Gasteiger charge is -2.07. The minimum Gasteiger partial charge on any atom is -0.508 e. The highest BCUT2D eigenvalue weighted by atomic mass is 19.4. The van der Waals surface area contributed by atoms with Gasteiger partial charge in [0.1, 0.15) is 35.1 Å². The molecule has 0 spiro atoms. The summed E-state index contributed by atoms with van der Waals surface area (Å²) in [5.74, 6) is 1.00. The van der Waals surface area contributed by atoms with Crippen molar-refractivity contribution in [1.29, 1.82) is 0 Å². The number of phenolic OH excluding ortho intramolecular Hbond substituents is 1. The van der Waals surface area contributed by atoms with E-state index in [1.807, 2.05) is 0 Å². The molecule has 0 bridgehead atoms. The zero-order chi connectivity index (χ0) is 24.6. The Morgan fingerprint density at radius 1 is 0.886 bits per heavy atom. The zero-order valence-corrected chi connectivity index (χ0v) is 17.9. The van der Waals surface area contributed by atoms with Gasteiger partial charge in [-0.05, 0) is 48.5 Å². The van der Waals surface area contributed by atoms with Crippen LogP contribution in [-0.2, 0) is 12.8 Å². The second kappa shape index (κ2) is 8.68. The molecule has 0 atom stereocenters. The van der Waals surface area contributed by atoms with Gasteiger partial charge in [0.15, 0.2) is 11.2 Å². The molecule has 0 radical (unpaired) electrons. The Morgan fingerprint density at radius 3 is 2.46 bits per heavy atom. The summed E-state index contributed by atoms with van der Waals surface area (Å²) in [6.07, 6.45) is -4.46. The molecule has 0 unspecified atom stereocenters. The molecule has 6 nitrogen and oxygen atoms in total. The van der Waals surface area contributed by atoms with E-state index >= 15 is 0 Å². The quantitative estimate of drug-likeness (QED) is 0.313. The van der Waals surface area contributed by atoms with E-state index in [1.165, 1.54) is 36.4 Å². The van der Waals surface area contributed by atoms with Crippen molar-refractivity contribution < 1.29 is 32.0 Å². The fourth-order valence-electron chi connectivity index (χ4n) is 3.52. The zero-order valence-electron chi connectivity index (χ0n) is 17.9. The summed E-state index contributed by atoms with van der Waals surface area (Å²) < 4.78 is 55.7. The van der Waals surface area contributed by atoms with Gasteiger partial charge in [-0.25, -0.2) is 0 Å². The van der Waals surface area contributed by atoms with Gasteiger partial charge < -0.3 is 18.8 Å². The fourth-order valence-corrected chi connectivity index (χ4v) is 3.52. The lowest BCUT2D eigenvalue weighted by Crippen LogP contribution is -2.04. The first-order chi connectivity index (χ1) is 16.8. The van der Waals surface area contributed by atoms with Gasteiger partial charge >= 0.3 is 6.18 Å². The highest BCUT2D eigenvalue weighted by Crippen LogP contribution is 2.32. The number of aromatic nitrogens is 1. The van der Waals surface area contributed by atoms with Crippen LogP contribution in [0.2, 0.25) is 0 Å².